The van der Waals surface area contributed by atoms with Gasteiger partial charge in [-0.3, -0.25) is 4.79 Å². The molecular formula is C21H19N5O. The summed E-state index contributed by atoms with van der Waals surface area (Å²) in [6, 6.07) is 18.5. The van der Waals surface area contributed by atoms with E-state index in [1.54, 1.807) is 30.3 Å². The van der Waals surface area contributed by atoms with E-state index in [0.717, 1.165) is 5.56 Å². The monoisotopic (exact) mass is 357 g/mol. The second-order valence-electron chi connectivity index (χ2n) is 6.20. The molecule has 0 aliphatic carbocycles. The van der Waals surface area contributed by atoms with Gasteiger partial charge in [-0.15, -0.1) is 0 Å². The summed E-state index contributed by atoms with van der Waals surface area (Å²) in [5.41, 5.74) is 4.42. The van der Waals surface area contributed by atoms with E-state index in [9.17, 15) is 4.79 Å². The van der Waals surface area contributed by atoms with Crippen LogP contribution in [0.1, 0.15) is 32.9 Å². The SMILES string of the molecule is Cc1ccc(CNc2nc(C)cc(C(=O)Nc3ccc(C#N)cc3)n2)cc1. The first kappa shape index (κ1) is 18.1. The lowest BCUT2D eigenvalue weighted by atomic mass is 10.1. The predicted octanol–water partition coefficient (Wildman–Crippen LogP) is 3.83. The number of nitrogens with zero attached hydrogens (tertiary/aromatic N) is 3. The third-order valence-corrected chi connectivity index (χ3v) is 3.93. The number of benzene rings is 2. The van der Waals surface area contributed by atoms with Crippen molar-refractivity contribution in [3.63, 3.8) is 0 Å². The van der Waals surface area contributed by atoms with Gasteiger partial charge in [-0.05, 0) is 49.7 Å². The molecule has 3 aromatic rings. The van der Waals surface area contributed by atoms with Crippen molar-refractivity contribution in [3.8, 4) is 6.07 Å². The zero-order chi connectivity index (χ0) is 19.2. The number of nitriles is 1. The highest BCUT2D eigenvalue weighted by atomic mass is 16.1. The van der Waals surface area contributed by atoms with E-state index in [2.05, 4.69) is 20.6 Å². The van der Waals surface area contributed by atoms with Gasteiger partial charge in [0.1, 0.15) is 5.69 Å². The third-order valence-electron chi connectivity index (χ3n) is 3.93. The minimum absolute atomic E-state index is 0.276. The van der Waals surface area contributed by atoms with Gasteiger partial charge in [0.2, 0.25) is 5.95 Å². The summed E-state index contributed by atoms with van der Waals surface area (Å²) in [6.45, 7) is 4.43. The lowest BCUT2D eigenvalue weighted by Crippen LogP contribution is -2.16. The van der Waals surface area contributed by atoms with Crippen molar-refractivity contribution in [3.05, 3.63) is 82.7 Å². The normalized spacial score (nSPS) is 10.1. The molecule has 0 bridgehead atoms. The number of aromatic nitrogens is 2. The molecule has 0 radical (unpaired) electrons. The minimum atomic E-state index is -0.330. The van der Waals surface area contributed by atoms with E-state index in [0.29, 0.717) is 29.4 Å². The third kappa shape index (κ3) is 4.89. The lowest BCUT2D eigenvalue weighted by Gasteiger charge is -2.09. The van der Waals surface area contributed by atoms with Gasteiger partial charge < -0.3 is 10.6 Å². The van der Waals surface area contributed by atoms with E-state index in [4.69, 9.17) is 5.26 Å². The van der Waals surface area contributed by atoms with Gasteiger partial charge in [-0.1, -0.05) is 29.8 Å². The van der Waals surface area contributed by atoms with E-state index in [-0.39, 0.29) is 11.6 Å². The van der Waals surface area contributed by atoms with Crippen molar-refractivity contribution in [2.75, 3.05) is 10.6 Å². The molecular weight excluding hydrogens is 338 g/mol. The molecule has 6 nitrogen and oxygen atoms in total. The van der Waals surface area contributed by atoms with Crippen molar-refractivity contribution in [1.82, 2.24) is 9.97 Å². The first-order chi connectivity index (χ1) is 13.0. The summed E-state index contributed by atoms with van der Waals surface area (Å²) in [5.74, 6) is 0.0733. The maximum absolute atomic E-state index is 12.5. The van der Waals surface area contributed by atoms with Crippen LogP contribution in [0.3, 0.4) is 0 Å². The molecule has 1 amide bonds. The van der Waals surface area contributed by atoms with Crippen LogP contribution < -0.4 is 10.6 Å². The molecule has 0 atom stereocenters. The van der Waals surface area contributed by atoms with Crippen LogP contribution in [0, 0.1) is 25.2 Å². The maximum atomic E-state index is 12.5. The molecule has 1 heterocycles. The number of hydrogen-bond acceptors (Lipinski definition) is 5. The number of amides is 1. The van der Waals surface area contributed by atoms with Crippen molar-refractivity contribution in [2.24, 2.45) is 0 Å². The lowest BCUT2D eigenvalue weighted by molar-refractivity contribution is 0.102. The van der Waals surface area contributed by atoms with Gasteiger partial charge in [0.05, 0.1) is 11.6 Å². The average Bonchev–Trinajstić information content (AvgIpc) is 2.68. The van der Waals surface area contributed by atoms with E-state index in [1.165, 1.54) is 5.56 Å². The first-order valence-electron chi connectivity index (χ1n) is 8.50. The molecule has 6 heteroatoms. The van der Waals surface area contributed by atoms with Crippen LogP contribution in [0.5, 0.6) is 0 Å². The van der Waals surface area contributed by atoms with Crippen molar-refractivity contribution in [1.29, 1.82) is 5.26 Å². The predicted molar refractivity (Wildman–Crippen MR) is 104 cm³/mol. The maximum Gasteiger partial charge on any atom is 0.274 e. The van der Waals surface area contributed by atoms with Crippen LogP contribution in [-0.2, 0) is 6.54 Å². The fourth-order valence-electron chi connectivity index (χ4n) is 2.47. The van der Waals surface area contributed by atoms with Gasteiger partial charge in [0.15, 0.2) is 0 Å². The van der Waals surface area contributed by atoms with E-state index >= 15 is 0 Å². The Hall–Kier alpha value is -3.72. The molecule has 2 aromatic carbocycles. The van der Waals surface area contributed by atoms with Crippen LogP contribution in [0.2, 0.25) is 0 Å². The van der Waals surface area contributed by atoms with Crippen LogP contribution in [0.4, 0.5) is 11.6 Å². The molecule has 134 valence electrons. The molecule has 0 aliphatic heterocycles. The van der Waals surface area contributed by atoms with Crippen molar-refractivity contribution < 1.29 is 4.79 Å². The van der Waals surface area contributed by atoms with Gasteiger partial charge >= 0.3 is 0 Å². The Morgan fingerprint density at radius 1 is 1.04 bits per heavy atom. The molecule has 0 saturated heterocycles. The van der Waals surface area contributed by atoms with Crippen molar-refractivity contribution in [2.45, 2.75) is 20.4 Å². The summed E-state index contributed by atoms with van der Waals surface area (Å²) in [7, 11) is 0. The van der Waals surface area contributed by atoms with Gasteiger partial charge in [0.25, 0.3) is 5.91 Å². The largest absolute Gasteiger partial charge is 0.350 e. The summed E-state index contributed by atoms with van der Waals surface area (Å²) < 4.78 is 0. The first-order valence-corrected chi connectivity index (χ1v) is 8.50. The number of aryl methyl sites for hydroxylation is 2. The zero-order valence-electron chi connectivity index (χ0n) is 15.2. The summed E-state index contributed by atoms with van der Waals surface area (Å²) in [4.78, 5) is 21.1. The number of hydrogen-bond donors (Lipinski definition) is 2. The molecule has 0 unspecified atom stereocenters. The molecule has 0 saturated carbocycles. The van der Waals surface area contributed by atoms with Crippen LogP contribution >= 0.6 is 0 Å². The fraction of sp³-hybridized carbons (Fsp3) is 0.143. The average molecular weight is 357 g/mol. The number of carbonyl (C=O) groups excluding carboxylic acids is 1. The highest BCUT2D eigenvalue weighted by Gasteiger charge is 2.11. The Labute approximate surface area is 157 Å². The standard InChI is InChI=1S/C21H19N5O/c1-14-3-5-17(6-4-14)13-23-21-24-15(2)11-19(26-21)20(27)25-18-9-7-16(12-22)8-10-18/h3-11H,13H2,1-2H3,(H,25,27)(H,23,24,26). The number of rotatable bonds is 5. The van der Waals surface area contributed by atoms with Gasteiger partial charge in [0, 0.05) is 17.9 Å². The summed E-state index contributed by atoms with van der Waals surface area (Å²) >= 11 is 0. The Bertz CT molecular complexity index is 989. The molecule has 0 spiro atoms. The second kappa shape index (κ2) is 8.11. The Morgan fingerprint density at radius 2 is 1.74 bits per heavy atom. The summed E-state index contributed by atoms with van der Waals surface area (Å²) in [6.07, 6.45) is 0. The highest BCUT2D eigenvalue weighted by Crippen LogP contribution is 2.12. The number of nitrogens with one attached hydrogen (secondary N) is 2. The summed E-state index contributed by atoms with van der Waals surface area (Å²) in [5, 5.41) is 14.8. The molecule has 0 aliphatic rings. The fourth-order valence-corrected chi connectivity index (χ4v) is 2.47. The molecule has 0 fully saturated rings. The van der Waals surface area contributed by atoms with Crippen LogP contribution in [0.25, 0.3) is 0 Å². The molecule has 1 aromatic heterocycles. The Kier molecular flexibility index (Phi) is 5.43. The molecule has 27 heavy (non-hydrogen) atoms. The van der Waals surface area contributed by atoms with Gasteiger partial charge in [-0.25, -0.2) is 9.97 Å². The molecule has 3 rings (SSSR count). The smallest absolute Gasteiger partial charge is 0.274 e. The number of carbonyl (C=O) groups is 1. The number of anilines is 2. The highest BCUT2D eigenvalue weighted by molar-refractivity contribution is 6.03. The zero-order valence-corrected chi connectivity index (χ0v) is 15.2. The Balaban J connectivity index is 1.70. The van der Waals surface area contributed by atoms with Crippen LogP contribution in [-0.4, -0.2) is 15.9 Å². The molecule has 2 N–H and O–H groups in total. The van der Waals surface area contributed by atoms with Crippen LogP contribution in [0.15, 0.2) is 54.6 Å². The topological polar surface area (TPSA) is 90.7 Å². The quantitative estimate of drug-likeness (QED) is 0.724. The van der Waals surface area contributed by atoms with Gasteiger partial charge in [-0.2, -0.15) is 5.26 Å². The second-order valence-corrected chi connectivity index (χ2v) is 6.20. The van der Waals surface area contributed by atoms with E-state index < -0.39 is 0 Å². The Morgan fingerprint density at radius 3 is 2.41 bits per heavy atom. The van der Waals surface area contributed by atoms with Crippen molar-refractivity contribution >= 4 is 17.5 Å². The van der Waals surface area contributed by atoms with E-state index in [1.807, 2.05) is 44.2 Å². The minimum Gasteiger partial charge on any atom is -0.350 e.